The lowest BCUT2D eigenvalue weighted by Crippen LogP contribution is -2.49. The Morgan fingerprint density at radius 2 is 1.85 bits per heavy atom. The third-order valence-corrected chi connectivity index (χ3v) is 8.45. The standard InChI is InChI=1S/C30H34FN3O4S/c1-37-25-6-4-5-22(19-25)30(36)33(17-16-32-13-2-3-14-32)20-29(35)34-15-11-28-26(12-18-39-28)27(34)21-38-24-9-7-23(31)8-10-24/h4-10,12,18-19,27H,2-3,11,13-17,20-21H2,1H3. The van der Waals surface area contributed by atoms with Crippen LogP contribution in [0.2, 0.25) is 0 Å². The molecule has 9 heteroatoms. The summed E-state index contributed by atoms with van der Waals surface area (Å²) >= 11 is 1.68. The minimum absolute atomic E-state index is 0.0175. The van der Waals surface area contributed by atoms with E-state index in [1.807, 2.05) is 16.3 Å². The van der Waals surface area contributed by atoms with E-state index in [2.05, 4.69) is 4.90 Å². The molecule has 3 heterocycles. The number of hydrogen-bond acceptors (Lipinski definition) is 6. The van der Waals surface area contributed by atoms with Crippen molar-refractivity contribution in [2.24, 2.45) is 0 Å². The summed E-state index contributed by atoms with van der Waals surface area (Å²) in [5.74, 6) is 0.523. The summed E-state index contributed by atoms with van der Waals surface area (Å²) in [7, 11) is 1.57. The van der Waals surface area contributed by atoms with Crippen molar-refractivity contribution >= 4 is 23.2 Å². The SMILES string of the molecule is COc1cccc(C(=O)N(CCN2CCCC2)CC(=O)N2CCc3sccc3C2COc2ccc(F)cc2)c1. The fourth-order valence-electron chi connectivity index (χ4n) is 5.29. The Balaban J connectivity index is 1.34. The second kappa shape index (κ2) is 12.6. The van der Waals surface area contributed by atoms with Crippen LogP contribution in [0.5, 0.6) is 11.5 Å². The summed E-state index contributed by atoms with van der Waals surface area (Å²) in [6, 6.07) is 14.7. The molecule has 0 spiro atoms. The molecule has 5 rings (SSSR count). The Morgan fingerprint density at radius 3 is 2.62 bits per heavy atom. The van der Waals surface area contributed by atoms with Gasteiger partial charge >= 0.3 is 0 Å². The van der Waals surface area contributed by atoms with E-state index in [4.69, 9.17) is 9.47 Å². The Labute approximate surface area is 232 Å². The molecular formula is C30H34FN3O4S. The molecule has 39 heavy (non-hydrogen) atoms. The minimum Gasteiger partial charge on any atom is -0.497 e. The van der Waals surface area contributed by atoms with Gasteiger partial charge in [-0.3, -0.25) is 9.59 Å². The summed E-state index contributed by atoms with van der Waals surface area (Å²) < 4.78 is 24.7. The molecule has 3 aromatic rings. The average Bonchev–Trinajstić information content (AvgIpc) is 3.67. The second-order valence-electron chi connectivity index (χ2n) is 9.92. The molecule has 0 saturated carbocycles. The highest BCUT2D eigenvalue weighted by molar-refractivity contribution is 7.10. The van der Waals surface area contributed by atoms with Crippen molar-refractivity contribution in [1.82, 2.24) is 14.7 Å². The lowest BCUT2D eigenvalue weighted by Gasteiger charge is -2.37. The first-order chi connectivity index (χ1) is 19.0. The number of amides is 2. The molecule has 1 saturated heterocycles. The molecule has 1 fully saturated rings. The van der Waals surface area contributed by atoms with Gasteiger partial charge in [-0.25, -0.2) is 4.39 Å². The monoisotopic (exact) mass is 551 g/mol. The van der Waals surface area contributed by atoms with Gasteiger partial charge in [0.25, 0.3) is 5.91 Å². The Bertz CT molecular complexity index is 1280. The quantitative estimate of drug-likeness (QED) is 0.368. The van der Waals surface area contributed by atoms with Gasteiger partial charge in [-0.1, -0.05) is 6.07 Å². The van der Waals surface area contributed by atoms with Crippen LogP contribution in [-0.4, -0.2) is 79.5 Å². The Morgan fingerprint density at radius 1 is 1.05 bits per heavy atom. The summed E-state index contributed by atoms with van der Waals surface area (Å²) in [5, 5.41) is 2.04. The molecular weight excluding hydrogens is 517 g/mol. The van der Waals surface area contributed by atoms with Crippen LogP contribution in [0.25, 0.3) is 0 Å². The fraction of sp³-hybridized carbons (Fsp3) is 0.400. The van der Waals surface area contributed by atoms with E-state index in [1.54, 1.807) is 59.7 Å². The van der Waals surface area contributed by atoms with Crippen molar-refractivity contribution in [3.05, 3.63) is 81.8 Å². The fourth-order valence-corrected chi connectivity index (χ4v) is 6.22. The molecule has 1 atom stereocenters. The van der Waals surface area contributed by atoms with Gasteiger partial charge in [0.1, 0.15) is 30.5 Å². The summed E-state index contributed by atoms with van der Waals surface area (Å²) in [5.41, 5.74) is 1.57. The molecule has 0 radical (unpaired) electrons. The Hall–Kier alpha value is -3.43. The van der Waals surface area contributed by atoms with Crippen molar-refractivity contribution in [3.8, 4) is 11.5 Å². The van der Waals surface area contributed by atoms with Crippen LogP contribution < -0.4 is 9.47 Å². The minimum atomic E-state index is -0.327. The van der Waals surface area contributed by atoms with Crippen LogP contribution in [-0.2, 0) is 11.2 Å². The van der Waals surface area contributed by atoms with E-state index in [0.717, 1.165) is 44.5 Å². The predicted octanol–water partition coefficient (Wildman–Crippen LogP) is 4.64. The van der Waals surface area contributed by atoms with Gasteiger partial charge in [0.2, 0.25) is 5.91 Å². The topological polar surface area (TPSA) is 62.3 Å². The maximum Gasteiger partial charge on any atom is 0.254 e. The zero-order valence-electron chi connectivity index (χ0n) is 22.2. The number of rotatable bonds is 10. The number of nitrogens with zero attached hydrogens (tertiary/aromatic N) is 3. The zero-order chi connectivity index (χ0) is 27.2. The molecule has 0 N–H and O–H groups in total. The molecule has 2 amide bonds. The largest absolute Gasteiger partial charge is 0.497 e. The molecule has 7 nitrogen and oxygen atoms in total. The van der Waals surface area contributed by atoms with Crippen molar-refractivity contribution in [3.63, 3.8) is 0 Å². The number of carbonyl (C=O) groups excluding carboxylic acids is 2. The van der Waals surface area contributed by atoms with Crippen molar-refractivity contribution < 1.29 is 23.5 Å². The second-order valence-corrected chi connectivity index (χ2v) is 10.9. The van der Waals surface area contributed by atoms with Crippen molar-refractivity contribution in [1.29, 1.82) is 0 Å². The van der Waals surface area contributed by atoms with Crippen molar-refractivity contribution in [2.45, 2.75) is 25.3 Å². The first kappa shape index (κ1) is 27.1. The van der Waals surface area contributed by atoms with E-state index in [9.17, 15) is 14.0 Å². The van der Waals surface area contributed by atoms with Crippen LogP contribution in [0, 0.1) is 5.82 Å². The van der Waals surface area contributed by atoms with Gasteiger partial charge in [0.05, 0.1) is 13.2 Å². The van der Waals surface area contributed by atoms with Gasteiger partial charge in [-0.2, -0.15) is 0 Å². The van der Waals surface area contributed by atoms with Crippen LogP contribution in [0.15, 0.2) is 60.0 Å². The van der Waals surface area contributed by atoms with Crippen LogP contribution in [0.4, 0.5) is 4.39 Å². The molecule has 1 unspecified atom stereocenters. The zero-order valence-corrected chi connectivity index (χ0v) is 23.0. The highest BCUT2D eigenvalue weighted by atomic mass is 32.1. The highest BCUT2D eigenvalue weighted by Gasteiger charge is 2.34. The average molecular weight is 552 g/mol. The molecule has 2 aliphatic heterocycles. The number of fused-ring (bicyclic) bond motifs is 1. The predicted molar refractivity (Wildman–Crippen MR) is 149 cm³/mol. The molecule has 0 aliphatic carbocycles. The summed E-state index contributed by atoms with van der Waals surface area (Å²) in [6.07, 6.45) is 3.09. The first-order valence-corrected chi connectivity index (χ1v) is 14.3. The molecule has 1 aromatic heterocycles. The number of benzene rings is 2. The third-order valence-electron chi connectivity index (χ3n) is 7.45. The van der Waals surface area contributed by atoms with E-state index in [1.165, 1.54) is 17.0 Å². The smallest absolute Gasteiger partial charge is 0.254 e. The third kappa shape index (κ3) is 6.59. The van der Waals surface area contributed by atoms with Gasteiger partial charge in [0.15, 0.2) is 0 Å². The normalized spacial score (nSPS) is 17.1. The van der Waals surface area contributed by atoms with Crippen molar-refractivity contribution in [2.75, 3.05) is 53.0 Å². The van der Waals surface area contributed by atoms with E-state index in [-0.39, 0.29) is 36.8 Å². The lowest BCUT2D eigenvalue weighted by molar-refractivity contribution is -0.135. The van der Waals surface area contributed by atoms with E-state index < -0.39 is 0 Å². The van der Waals surface area contributed by atoms with E-state index >= 15 is 0 Å². The lowest BCUT2D eigenvalue weighted by atomic mass is 10.0. The summed E-state index contributed by atoms with van der Waals surface area (Å²) in [4.78, 5) is 34.6. The highest BCUT2D eigenvalue weighted by Crippen LogP contribution is 2.34. The van der Waals surface area contributed by atoms with Gasteiger partial charge in [-0.05, 0) is 91.8 Å². The number of carbonyl (C=O) groups is 2. The maximum absolute atomic E-state index is 13.9. The number of ether oxygens (including phenoxy) is 2. The molecule has 2 aromatic carbocycles. The Kier molecular flexibility index (Phi) is 8.78. The maximum atomic E-state index is 13.9. The van der Waals surface area contributed by atoms with E-state index in [0.29, 0.717) is 30.2 Å². The first-order valence-electron chi connectivity index (χ1n) is 13.4. The number of methoxy groups -OCH3 is 1. The number of thiophene rings is 1. The van der Waals surface area contributed by atoms with Crippen LogP contribution in [0.1, 0.15) is 39.7 Å². The van der Waals surface area contributed by atoms with Crippen LogP contribution in [0.3, 0.4) is 0 Å². The summed E-state index contributed by atoms with van der Waals surface area (Å²) in [6.45, 7) is 4.02. The van der Waals surface area contributed by atoms with Gasteiger partial charge in [-0.15, -0.1) is 11.3 Å². The molecule has 0 bridgehead atoms. The molecule has 206 valence electrons. The van der Waals surface area contributed by atoms with Crippen LogP contribution >= 0.6 is 11.3 Å². The van der Waals surface area contributed by atoms with Gasteiger partial charge in [0, 0.05) is 30.1 Å². The number of likely N-dealkylation sites (tertiary alicyclic amines) is 1. The number of hydrogen-bond donors (Lipinski definition) is 0. The molecule has 2 aliphatic rings. The number of halogens is 1. The van der Waals surface area contributed by atoms with Gasteiger partial charge < -0.3 is 24.2 Å².